The summed E-state index contributed by atoms with van der Waals surface area (Å²) in [6.07, 6.45) is 3.66. The van der Waals surface area contributed by atoms with Crippen LogP contribution in [0.2, 0.25) is 5.02 Å². The fourth-order valence-corrected chi connectivity index (χ4v) is 3.85. The summed E-state index contributed by atoms with van der Waals surface area (Å²) >= 11 is 6.19. The van der Waals surface area contributed by atoms with Crippen molar-refractivity contribution in [2.75, 3.05) is 19.6 Å². The summed E-state index contributed by atoms with van der Waals surface area (Å²) in [5.74, 6) is 0.0743. The molecule has 2 fully saturated rings. The Morgan fingerprint density at radius 1 is 1.35 bits per heavy atom. The molecule has 1 aromatic carbocycles. The molecule has 6 heteroatoms. The van der Waals surface area contributed by atoms with Crippen LogP contribution in [0.4, 0.5) is 0 Å². The van der Waals surface area contributed by atoms with E-state index in [4.69, 9.17) is 11.6 Å². The molecule has 3 atom stereocenters. The summed E-state index contributed by atoms with van der Waals surface area (Å²) in [6.45, 7) is 4.43. The number of amides is 1. The summed E-state index contributed by atoms with van der Waals surface area (Å²) in [6, 6.07) is 8.81. The Morgan fingerprint density at radius 2 is 2.09 bits per heavy atom. The Hall–Kier alpha value is -0.810. The Labute approximate surface area is 149 Å². The van der Waals surface area contributed by atoms with Gasteiger partial charge in [-0.05, 0) is 37.8 Å². The van der Waals surface area contributed by atoms with Crippen molar-refractivity contribution in [3.05, 3.63) is 34.9 Å². The number of hydrogen-bond donors (Lipinski definition) is 2. The molecule has 1 amide bonds. The van der Waals surface area contributed by atoms with E-state index in [0.717, 1.165) is 25.1 Å². The number of carbonyl (C=O) groups excluding carboxylic acids is 1. The van der Waals surface area contributed by atoms with Crippen molar-refractivity contribution in [1.29, 1.82) is 0 Å². The van der Waals surface area contributed by atoms with Gasteiger partial charge in [0.2, 0.25) is 5.91 Å². The molecule has 0 aromatic heterocycles. The zero-order valence-electron chi connectivity index (χ0n) is 13.4. The Kier molecular flexibility index (Phi) is 6.72. The number of carbonyl (C=O) groups is 1. The van der Waals surface area contributed by atoms with Gasteiger partial charge in [0.05, 0.1) is 12.6 Å². The maximum Gasteiger partial charge on any atom is 0.234 e. The third kappa shape index (κ3) is 4.83. The molecule has 3 rings (SSSR count). The lowest BCUT2D eigenvalue weighted by molar-refractivity contribution is -0.122. The molecule has 2 aliphatic heterocycles. The average Bonchev–Trinajstić information content (AvgIpc) is 2.82. The van der Waals surface area contributed by atoms with Gasteiger partial charge in [-0.1, -0.05) is 29.8 Å². The molecular formula is C17H25Cl2N3O. The van der Waals surface area contributed by atoms with Gasteiger partial charge in [-0.25, -0.2) is 0 Å². The van der Waals surface area contributed by atoms with Crippen molar-refractivity contribution in [2.24, 2.45) is 0 Å². The summed E-state index contributed by atoms with van der Waals surface area (Å²) in [5.41, 5.74) is 0.967. The second-order valence-corrected chi connectivity index (χ2v) is 6.88. The number of likely N-dealkylation sites (tertiary alicyclic amines) is 1. The third-order valence-corrected chi connectivity index (χ3v) is 5.07. The minimum Gasteiger partial charge on any atom is -0.348 e. The van der Waals surface area contributed by atoms with Gasteiger partial charge in [0, 0.05) is 30.2 Å². The molecule has 23 heavy (non-hydrogen) atoms. The van der Waals surface area contributed by atoms with E-state index in [0.29, 0.717) is 23.7 Å². The van der Waals surface area contributed by atoms with Crippen molar-refractivity contribution in [1.82, 2.24) is 15.5 Å². The van der Waals surface area contributed by atoms with Crippen LogP contribution in [0.15, 0.2) is 24.3 Å². The SMILES string of the molecule is CC(NC(=O)CN1CCC2CCC(C1)N2)c1ccccc1Cl.Cl. The van der Waals surface area contributed by atoms with Crippen molar-refractivity contribution in [3.63, 3.8) is 0 Å². The van der Waals surface area contributed by atoms with Crippen LogP contribution in [0.3, 0.4) is 0 Å². The number of nitrogens with one attached hydrogen (secondary N) is 2. The van der Waals surface area contributed by atoms with Gasteiger partial charge in [0.1, 0.15) is 0 Å². The first-order valence-corrected chi connectivity index (χ1v) is 8.52. The van der Waals surface area contributed by atoms with Gasteiger partial charge in [0.25, 0.3) is 0 Å². The Bertz CT molecular complexity index is 540. The highest BCUT2D eigenvalue weighted by atomic mass is 35.5. The quantitative estimate of drug-likeness (QED) is 0.870. The van der Waals surface area contributed by atoms with Crippen LogP contribution in [0, 0.1) is 0 Å². The standard InChI is InChI=1S/C17H24ClN3O.ClH/c1-12(15-4-2-3-5-16(15)18)19-17(22)11-21-9-8-13-6-7-14(10-21)20-13;/h2-5,12-14,20H,6-11H2,1H3,(H,19,22);1H. The molecule has 1 aromatic rings. The smallest absolute Gasteiger partial charge is 0.234 e. The molecule has 3 unspecified atom stereocenters. The maximum atomic E-state index is 12.3. The number of fused-ring (bicyclic) bond motifs is 2. The van der Waals surface area contributed by atoms with Crippen LogP contribution >= 0.6 is 24.0 Å². The fraction of sp³-hybridized carbons (Fsp3) is 0.588. The van der Waals surface area contributed by atoms with E-state index < -0.39 is 0 Å². The third-order valence-electron chi connectivity index (χ3n) is 4.72. The van der Waals surface area contributed by atoms with Crippen molar-refractivity contribution in [2.45, 2.75) is 44.3 Å². The number of benzene rings is 1. The first-order chi connectivity index (χ1) is 10.6. The molecule has 0 spiro atoms. The van der Waals surface area contributed by atoms with E-state index in [1.165, 1.54) is 12.8 Å². The highest BCUT2D eigenvalue weighted by molar-refractivity contribution is 6.31. The summed E-state index contributed by atoms with van der Waals surface area (Å²) in [4.78, 5) is 14.6. The minimum absolute atomic E-state index is 0. The molecule has 0 saturated carbocycles. The average molecular weight is 358 g/mol. The lowest BCUT2D eigenvalue weighted by atomic mass is 10.1. The molecule has 2 bridgehead atoms. The first kappa shape index (κ1) is 18.5. The predicted molar refractivity (Wildman–Crippen MR) is 96.3 cm³/mol. The van der Waals surface area contributed by atoms with Crippen LogP contribution in [-0.4, -0.2) is 42.5 Å². The minimum atomic E-state index is -0.0669. The molecule has 2 saturated heterocycles. The second kappa shape index (κ2) is 8.34. The van der Waals surface area contributed by atoms with Gasteiger partial charge in [-0.3, -0.25) is 9.69 Å². The number of nitrogens with zero attached hydrogens (tertiary/aromatic N) is 1. The normalized spacial score (nSPS) is 25.3. The zero-order valence-corrected chi connectivity index (χ0v) is 15.0. The molecule has 128 valence electrons. The van der Waals surface area contributed by atoms with Crippen molar-refractivity contribution in [3.8, 4) is 0 Å². The summed E-state index contributed by atoms with van der Waals surface area (Å²) in [7, 11) is 0. The second-order valence-electron chi connectivity index (χ2n) is 6.47. The lowest BCUT2D eigenvalue weighted by Gasteiger charge is -2.24. The van der Waals surface area contributed by atoms with Crippen LogP contribution in [0.1, 0.15) is 37.8 Å². The Balaban J connectivity index is 0.00000192. The highest BCUT2D eigenvalue weighted by Crippen LogP contribution is 2.22. The topological polar surface area (TPSA) is 44.4 Å². The summed E-state index contributed by atoms with van der Waals surface area (Å²) in [5, 5.41) is 7.40. The lowest BCUT2D eigenvalue weighted by Crippen LogP contribution is -2.42. The number of hydrogen-bond acceptors (Lipinski definition) is 3. The van der Waals surface area contributed by atoms with Gasteiger partial charge in [-0.2, -0.15) is 0 Å². The van der Waals surface area contributed by atoms with E-state index in [1.807, 2.05) is 31.2 Å². The van der Waals surface area contributed by atoms with E-state index >= 15 is 0 Å². The number of halogens is 2. The fourth-order valence-electron chi connectivity index (χ4n) is 3.55. The molecule has 2 heterocycles. The van der Waals surface area contributed by atoms with Gasteiger partial charge in [0.15, 0.2) is 0 Å². The van der Waals surface area contributed by atoms with E-state index in [-0.39, 0.29) is 24.4 Å². The van der Waals surface area contributed by atoms with Crippen LogP contribution < -0.4 is 10.6 Å². The van der Waals surface area contributed by atoms with Crippen LogP contribution in [0.5, 0.6) is 0 Å². The van der Waals surface area contributed by atoms with E-state index in [2.05, 4.69) is 15.5 Å². The monoisotopic (exact) mass is 357 g/mol. The van der Waals surface area contributed by atoms with Crippen molar-refractivity contribution < 1.29 is 4.79 Å². The summed E-state index contributed by atoms with van der Waals surface area (Å²) < 4.78 is 0. The maximum absolute atomic E-state index is 12.3. The number of rotatable bonds is 4. The highest BCUT2D eigenvalue weighted by Gasteiger charge is 2.29. The van der Waals surface area contributed by atoms with Crippen molar-refractivity contribution >= 4 is 29.9 Å². The predicted octanol–water partition coefficient (Wildman–Crippen LogP) is 2.77. The molecule has 0 radical (unpaired) electrons. The molecular weight excluding hydrogens is 333 g/mol. The molecule has 2 N–H and O–H groups in total. The largest absolute Gasteiger partial charge is 0.348 e. The molecule has 2 aliphatic rings. The van der Waals surface area contributed by atoms with E-state index in [9.17, 15) is 4.79 Å². The zero-order chi connectivity index (χ0) is 15.5. The van der Waals surface area contributed by atoms with Crippen LogP contribution in [0.25, 0.3) is 0 Å². The van der Waals surface area contributed by atoms with Gasteiger partial charge >= 0.3 is 0 Å². The molecule has 0 aliphatic carbocycles. The van der Waals surface area contributed by atoms with Gasteiger partial charge < -0.3 is 10.6 Å². The van der Waals surface area contributed by atoms with Gasteiger partial charge in [-0.15, -0.1) is 12.4 Å². The Morgan fingerprint density at radius 3 is 2.87 bits per heavy atom. The van der Waals surface area contributed by atoms with Crippen LogP contribution in [-0.2, 0) is 4.79 Å². The molecule has 4 nitrogen and oxygen atoms in total. The first-order valence-electron chi connectivity index (χ1n) is 8.14. The van der Waals surface area contributed by atoms with E-state index in [1.54, 1.807) is 0 Å².